The van der Waals surface area contributed by atoms with Crippen LogP contribution in [0.5, 0.6) is 5.75 Å². The van der Waals surface area contributed by atoms with Crippen LogP contribution in [0.25, 0.3) is 21.9 Å². The molecule has 0 aliphatic rings. The Morgan fingerprint density at radius 1 is 1.21 bits per heavy atom. The van der Waals surface area contributed by atoms with Gasteiger partial charge in [0.25, 0.3) is 5.91 Å². The quantitative estimate of drug-likeness (QED) is 0.626. The summed E-state index contributed by atoms with van der Waals surface area (Å²) in [7, 11) is 1.79. The highest BCUT2D eigenvalue weighted by atomic mass is 16.5. The van der Waals surface area contributed by atoms with Crippen molar-refractivity contribution in [3.63, 3.8) is 0 Å². The number of aryl methyl sites for hydroxylation is 1. The summed E-state index contributed by atoms with van der Waals surface area (Å²) in [6.07, 6.45) is 3.31. The van der Waals surface area contributed by atoms with Gasteiger partial charge in [-0.1, -0.05) is 18.2 Å². The molecule has 0 aliphatic heterocycles. The molecule has 120 valence electrons. The van der Waals surface area contributed by atoms with Crippen LogP contribution in [0.1, 0.15) is 0 Å². The fourth-order valence-electron chi connectivity index (χ4n) is 2.63. The zero-order valence-corrected chi connectivity index (χ0v) is 13.0. The fourth-order valence-corrected chi connectivity index (χ4v) is 2.63. The number of carbonyl (C=O) groups excluding carboxylic acids is 1. The van der Waals surface area contributed by atoms with Crippen LogP contribution in [0.15, 0.2) is 59.3 Å². The van der Waals surface area contributed by atoms with Crippen molar-refractivity contribution in [1.82, 2.24) is 9.78 Å². The Bertz CT molecular complexity index is 1030. The highest BCUT2D eigenvalue weighted by Crippen LogP contribution is 2.31. The molecule has 0 saturated heterocycles. The lowest BCUT2D eigenvalue weighted by Crippen LogP contribution is -2.19. The Balaban J connectivity index is 1.50. The molecule has 1 N–H and O–H groups in total. The Labute approximate surface area is 137 Å². The van der Waals surface area contributed by atoms with Crippen LogP contribution in [-0.4, -0.2) is 22.3 Å². The van der Waals surface area contributed by atoms with E-state index in [9.17, 15) is 4.79 Å². The summed E-state index contributed by atoms with van der Waals surface area (Å²) in [6.45, 7) is -0.0732. The van der Waals surface area contributed by atoms with Gasteiger partial charge >= 0.3 is 0 Å². The molecule has 2 aromatic carbocycles. The number of aromatic nitrogens is 2. The summed E-state index contributed by atoms with van der Waals surface area (Å²) in [5.74, 6) is 0.385. The van der Waals surface area contributed by atoms with E-state index in [1.54, 1.807) is 30.2 Å². The van der Waals surface area contributed by atoms with E-state index < -0.39 is 0 Å². The molecule has 2 heterocycles. The minimum Gasteiger partial charge on any atom is -0.484 e. The van der Waals surface area contributed by atoms with Gasteiger partial charge in [-0.25, -0.2) is 0 Å². The maximum absolute atomic E-state index is 11.9. The number of amides is 1. The van der Waals surface area contributed by atoms with Crippen molar-refractivity contribution in [1.29, 1.82) is 0 Å². The lowest BCUT2D eigenvalue weighted by atomic mass is 10.1. The number of nitrogens with one attached hydrogen (secondary N) is 1. The number of anilines is 1. The van der Waals surface area contributed by atoms with Gasteiger partial charge in [0.05, 0.1) is 11.9 Å². The topological polar surface area (TPSA) is 69.3 Å². The second-order valence-corrected chi connectivity index (χ2v) is 5.50. The standard InChI is InChI=1S/C18H15N3O3/c1-21-10-12(9-19-21)20-18(22)11-23-13-6-7-17-15(8-13)14-4-2-3-5-16(14)24-17/h2-10H,11H2,1H3,(H,20,22). The molecule has 4 aromatic rings. The van der Waals surface area contributed by atoms with E-state index >= 15 is 0 Å². The molecule has 6 heteroatoms. The van der Waals surface area contributed by atoms with Gasteiger partial charge in [0.2, 0.25) is 0 Å². The van der Waals surface area contributed by atoms with Gasteiger partial charge in [-0.3, -0.25) is 9.48 Å². The van der Waals surface area contributed by atoms with Crippen molar-refractivity contribution in [3.05, 3.63) is 54.9 Å². The van der Waals surface area contributed by atoms with Crippen molar-refractivity contribution in [3.8, 4) is 5.75 Å². The first-order valence-electron chi connectivity index (χ1n) is 7.52. The Kier molecular flexibility index (Phi) is 3.42. The normalized spacial score (nSPS) is 11.0. The first-order valence-corrected chi connectivity index (χ1v) is 7.52. The summed E-state index contributed by atoms with van der Waals surface area (Å²) >= 11 is 0. The summed E-state index contributed by atoms with van der Waals surface area (Å²) in [6, 6.07) is 13.4. The Hall–Kier alpha value is -3.28. The van der Waals surface area contributed by atoms with Crippen molar-refractivity contribution in [2.24, 2.45) is 7.05 Å². The van der Waals surface area contributed by atoms with E-state index in [1.807, 2.05) is 36.4 Å². The number of benzene rings is 2. The van der Waals surface area contributed by atoms with Crippen LogP contribution in [0.2, 0.25) is 0 Å². The van der Waals surface area contributed by atoms with Crippen LogP contribution in [0.4, 0.5) is 5.69 Å². The Morgan fingerprint density at radius 3 is 2.88 bits per heavy atom. The summed E-state index contributed by atoms with van der Waals surface area (Å²) in [5.41, 5.74) is 2.27. The maximum atomic E-state index is 11.9. The van der Waals surface area contributed by atoms with Crippen LogP contribution in [0.3, 0.4) is 0 Å². The van der Waals surface area contributed by atoms with E-state index in [4.69, 9.17) is 9.15 Å². The van der Waals surface area contributed by atoms with E-state index in [0.29, 0.717) is 11.4 Å². The SMILES string of the molecule is Cn1cc(NC(=O)COc2ccc3oc4ccccc4c3c2)cn1. The van der Waals surface area contributed by atoms with Crippen LogP contribution >= 0.6 is 0 Å². The molecule has 0 radical (unpaired) electrons. The lowest BCUT2D eigenvalue weighted by molar-refractivity contribution is -0.118. The largest absolute Gasteiger partial charge is 0.484 e. The predicted molar refractivity (Wildman–Crippen MR) is 91.1 cm³/mol. The van der Waals surface area contributed by atoms with Crippen molar-refractivity contribution >= 4 is 33.5 Å². The second-order valence-electron chi connectivity index (χ2n) is 5.50. The third kappa shape index (κ3) is 2.69. The highest BCUT2D eigenvalue weighted by Gasteiger charge is 2.09. The molecule has 2 aromatic heterocycles. The molecule has 0 fully saturated rings. The number of hydrogen-bond acceptors (Lipinski definition) is 4. The number of carbonyl (C=O) groups is 1. The second kappa shape index (κ2) is 5.73. The van der Waals surface area contributed by atoms with E-state index in [-0.39, 0.29) is 12.5 Å². The highest BCUT2D eigenvalue weighted by molar-refractivity contribution is 6.05. The first kappa shape index (κ1) is 14.3. The van der Waals surface area contributed by atoms with Crippen LogP contribution in [-0.2, 0) is 11.8 Å². The predicted octanol–water partition coefficient (Wildman–Crippen LogP) is 3.34. The van der Waals surface area contributed by atoms with Crippen LogP contribution in [0, 0.1) is 0 Å². The molecular weight excluding hydrogens is 306 g/mol. The van der Waals surface area contributed by atoms with Gasteiger partial charge in [0.1, 0.15) is 16.9 Å². The van der Waals surface area contributed by atoms with Gasteiger partial charge in [-0.2, -0.15) is 5.10 Å². The van der Waals surface area contributed by atoms with Gasteiger partial charge in [0, 0.05) is 24.0 Å². The average molecular weight is 321 g/mol. The molecule has 0 spiro atoms. The van der Waals surface area contributed by atoms with E-state index in [1.165, 1.54) is 0 Å². The number of ether oxygens (including phenoxy) is 1. The van der Waals surface area contributed by atoms with E-state index in [0.717, 1.165) is 21.9 Å². The molecular formula is C18H15N3O3. The molecule has 0 aliphatic carbocycles. The zero-order chi connectivity index (χ0) is 16.5. The minimum absolute atomic E-state index is 0.0732. The van der Waals surface area contributed by atoms with Gasteiger partial charge in [0.15, 0.2) is 6.61 Å². The third-order valence-corrected chi connectivity index (χ3v) is 3.71. The molecule has 1 amide bonds. The van der Waals surface area contributed by atoms with Crippen LogP contribution < -0.4 is 10.1 Å². The molecule has 6 nitrogen and oxygen atoms in total. The lowest BCUT2D eigenvalue weighted by Gasteiger charge is -2.06. The van der Waals surface area contributed by atoms with E-state index in [2.05, 4.69) is 10.4 Å². The number of rotatable bonds is 4. The van der Waals surface area contributed by atoms with Crippen molar-refractivity contribution in [2.45, 2.75) is 0 Å². The monoisotopic (exact) mass is 321 g/mol. The molecule has 0 bridgehead atoms. The van der Waals surface area contributed by atoms with Gasteiger partial charge < -0.3 is 14.5 Å². The number of fused-ring (bicyclic) bond motifs is 3. The average Bonchev–Trinajstić information content (AvgIpc) is 3.16. The summed E-state index contributed by atoms with van der Waals surface area (Å²) in [4.78, 5) is 11.9. The smallest absolute Gasteiger partial charge is 0.262 e. The molecule has 0 saturated carbocycles. The first-order chi connectivity index (χ1) is 11.7. The molecule has 0 unspecified atom stereocenters. The van der Waals surface area contributed by atoms with Gasteiger partial charge in [-0.15, -0.1) is 0 Å². The number of hydrogen-bond donors (Lipinski definition) is 1. The summed E-state index contributed by atoms with van der Waals surface area (Å²) in [5, 5.41) is 8.72. The van der Waals surface area contributed by atoms with Crippen molar-refractivity contribution in [2.75, 3.05) is 11.9 Å². The molecule has 24 heavy (non-hydrogen) atoms. The molecule has 4 rings (SSSR count). The number of para-hydroxylation sites is 1. The van der Waals surface area contributed by atoms with Crippen molar-refractivity contribution < 1.29 is 13.9 Å². The number of nitrogens with zero attached hydrogens (tertiary/aromatic N) is 2. The zero-order valence-electron chi connectivity index (χ0n) is 13.0. The number of furan rings is 1. The third-order valence-electron chi connectivity index (χ3n) is 3.71. The molecule has 0 atom stereocenters. The fraction of sp³-hybridized carbons (Fsp3) is 0.111. The summed E-state index contributed by atoms with van der Waals surface area (Å²) < 4.78 is 13.0. The van der Waals surface area contributed by atoms with Gasteiger partial charge in [-0.05, 0) is 24.3 Å². The minimum atomic E-state index is -0.236. The Morgan fingerprint density at radius 2 is 2.04 bits per heavy atom. The maximum Gasteiger partial charge on any atom is 0.262 e.